The van der Waals surface area contributed by atoms with Gasteiger partial charge < -0.3 is 0 Å². The molecule has 20 heavy (non-hydrogen) atoms. The highest BCUT2D eigenvalue weighted by Gasteiger charge is 2.34. The van der Waals surface area contributed by atoms with Crippen molar-refractivity contribution in [3.8, 4) is 0 Å². The molecule has 3 rings (SSSR count). The fourth-order valence-corrected chi connectivity index (χ4v) is 3.89. The van der Waals surface area contributed by atoms with Crippen LogP contribution in [0.1, 0.15) is 17.5 Å². The maximum Gasteiger partial charge on any atom is 0.0795 e. The Morgan fingerprint density at radius 1 is 0.900 bits per heavy atom. The molecule has 0 heterocycles. The Labute approximate surface area is 136 Å². The summed E-state index contributed by atoms with van der Waals surface area (Å²) in [5.41, 5.74) is 3.81. The molecule has 0 amide bonds. The SMILES string of the molecule is Brc1ccccc1C1=CC=CCC1(Br)c1ccccc1. The first-order valence-electron chi connectivity index (χ1n) is 6.58. The van der Waals surface area contributed by atoms with Crippen LogP contribution < -0.4 is 0 Å². The van der Waals surface area contributed by atoms with Gasteiger partial charge in [0, 0.05) is 4.47 Å². The molecule has 1 aliphatic rings. The normalized spacial score (nSPS) is 21.6. The lowest BCUT2D eigenvalue weighted by Crippen LogP contribution is -2.21. The Kier molecular flexibility index (Phi) is 3.95. The van der Waals surface area contributed by atoms with Crippen LogP contribution in [0.4, 0.5) is 0 Å². The number of hydrogen-bond donors (Lipinski definition) is 0. The molecule has 1 atom stereocenters. The second kappa shape index (κ2) is 5.71. The molecular weight excluding hydrogens is 376 g/mol. The highest BCUT2D eigenvalue weighted by atomic mass is 79.9. The summed E-state index contributed by atoms with van der Waals surface area (Å²) < 4.78 is 0.966. The first kappa shape index (κ1) is 13.8. The van der Waals surface area contributed by atoms with Crippen molar-refractivity contribution in [3.05, 3.63) is 88.4 Å². The Hall–Kier alpha value is -1.12. The molecule has 0 spiro atoms. The Bertz CT molecular complexity index is 671. The lowest BCUT2D eigenvalue weighted by Gasteiger charge is -2.33. The van der Waals surface area contributed by atoms with Crippen LogP contribution in [0.5, 0.6) is 0 Å². The fourth-order valence-electron chi connectivity index (χ4n) is 2.60. The summed E-state index contributed by atoms with van der Waals surface area (Å²) in [7, 11) is 0. The molecule has 0 nitrogen and oxygen atoms in total. The summed E-state index contributed by atoms with van der Waals surface area (Å²) >= 11 is 7.67. The molecule has 0 aromatic heterocycles. The van der Waals surface area contributed by atoms with Crippen LogP contribution >= 0.6 is 31.9 Å². The molecule has 1 unspecified atom stereocenters. The van der Waals surface area contributed by atoms with Gasteiger partial charge in [0.2, 0.25) is 0 Å². The van der Waals surface area contributed by atoms with Crippen molar-refractivity contribution in [2.45, 2.75) is 10.7 Å². The van der Waals surface area contributed by atoms with Crippen molar-refractivity contribution in [2.75, 3.05) is 0 Å². The quantitative estimate of drug-likeness (QED) is 0.545. The Balaban J connectivity index is 2.15. The maximum absolute atomic E-state index is 4.00. The Morgan fingerprint density at radius 2 is 1.60 bits per heavy atom. The highest BCUT2D eigenvalue weighted by Crippen LogP contribution is 2.49. The third-order valence-electron chi connectivity index (χ3n) is 3.62. The summed E-state index contributed by atoms with van der Waals surface area (Å²) in [4.78, 5) is 0. The van der Waals surface area contributed by atoms with E-state index in [0.29, 0.717) is 0 Å². The van der Waals surface area contributed by atoms with Crippen molar-refractivity contribution in [1.29, 1.82) is 0 Å². The van der Waals surface area contributed by atoms with Crippen LogP contribution in [-0.2, 0) is 4.32 Å². The summed E-state index contributed by atoms with van der Waals surface area (Å²) in [6, 6.07) is 19.0. The van der Waals surface area contributed by atoms with Crippen molar-refractivity contribution < 1.29 is 0 Å². The van der Waals surface area contributed by atoms with Gasteiger partial charge in [0.1, 0.15) is 0 Å². The molecule has 0 radical (unpaired) electrons. The van der Waals surface area contributed by atoms with Crippen LogP contribution in [0, 0.1) is 0 Å². The molecular formula is C18H14Br2. The summed E-state index contributed by atoms with van der Waals surface area (Å²) in [5, 5.41) is 0. The second-order valence-electron chi connectivity index (χ2n) is 4.86. The van der Waals surface area contributed by atoms with Gasteiger partial charge >= 0.3 is 0 Å². The average Bonchev–Trinajstić information content (AvgIpc) is 2.50. The number of alkyl halides is 1. The molecule has 0 aliphatic heterocycles. The largest absolute Gasteiger partial charge is 0.0824 e. The first-order valence-corrected chi connectivity index (χ1v) is 8.17. The minimum absolute atomic E-state index is 0.160. The van der Waals surface area contributed by atoms with Gasteiger partial charge in [-0.1, -0.05) is 98.6 Å². The number of hydrogen-bond acceptors (Lipinski definition) is 0. The van der Waals surface area contributed by atoms with Crippen molar-refractivity contribution >= 4 is 37.4 Å². The maximum atomic E-state index is 4.00. The van der Waals surface area contributed by atoms with Gasteiger partial charge in [-0.3, -0.25) is 0 Å². The molecule has 2 heteroatoms. The van der Waals surface area contributed by atoms with Gasteiger partial charge in [-0.25, -0.2) is 0 Å². The summed E-state index contributed by atoms with van der Waals surface area (Å²) in [6.07, 6.45) is 7.49. The lowest BCUT2D eigenvalue weighted by molar-refractivity contribution is 0.818. The molecule has 0 N–H and O–H groups in total. The van der Waals surface area contributed by atoms with Crippen LogP contribution in [0.2, 0.25) is 0 Å². The van der Waals surface area contributed by atoms with E-state index in [0.717, 1.165) is 10.9 Å². The van der Waals surface area contributed by atoms with E-state index < -0.39 is 0 Å². The molecule has 100 valence electrons. The average molecular weight is 390 g/mol. The van der Waals surface area contributed by atoms with E-state index in [-0.39, 0.29) is 4.32 Å². The van der Waals surface area contributed by atoms with Gasteiger partial charge in [-0.05, 0) is 29.2 Å². The standard InChI is InChI=1S/C18H14Br2/c19-17-12-5-4-10-15(17)16-11-6-7-13-18(16,20)14-8-2-1-3-9-14/h1-12H,13H2. The van der Waals surface area contributed by atoms with Gasteiger partial charge in [-0.15, -0.1) is 0 Å². The van der Waals surface area contributed by atoms with Crippen molar-refractivity contribution in [2.24, 2.45) is 0 Å². The van der Waals surface area contributed by atoms with Crippen LogP contribution in [0.3, 0.4) is 0 Å². The first-order chi connectivity index (χ1) is 9.72. The van der Waals surface area contributed by atoms with Crippen LogP contribution in [-0.4, -0.2) is 0 Å². The van der Waals surface area contributed by atoms with Crippen LogP contribution in [0.25, 0.3) is 5.57 Å². The van der Waals surface area contributed by atoms with E-state index in [4.69, 9.17) is 0 Å². The van der Waals surface area contributed by atoms with E-state index in [9.17, 15) is 0 Å². The predicted molar refractivity (Wildman–Crippen MR) is 92.9 cm³/mol. The summed E-state index contributed by atoms with van der Waals surface area (Å²) in [6.45, 7) is 0. The Morgan fingerprint density at radius 3 is 2.35 bits per heavy atom. The zero-order valence-electron chi connectivity index (χ0n) is 10.9. The predicted octanol–water partition coefficient (Wildman–Crippen LogP) is 6.08. The number of allylic oxidation sites excluding steroid dienone is 4. The van der Waals surface area contributed by atoms with E-state index in [2.05, 4.69) is 98.6 Å². The minimum atomic E-state index is -0.160. The van der Waals surface area contributed by atoms with Gasteiger partial charge in [0.25, 0.3) is 0 Å². The molecule has 0 fully saturated rings. The molecule has 0 saturated heterocycles. The zero-order valence-corrected chi connectivity index (χ0v) is 14.1. The van der Waals surface area contributed by atoms with E-state index in [1.165, 1.54) is 16.7 Å². The monoisotopic (exact) mass is 388 g/mol. The van der Waals surface area contributed by atoms with Gasteiger partial charge in [0.15, 0.2) is 0 Å². The fraction of sp³-hybridized carbons (Fsp3) is 0.111. The third kappa shape index (κ3) is 2.43. The molecule has 0 bridgehead atoms. The zero-order chi connectivity index (χ0) is 14.0. The molecule has 1 aliphatic carbocycles. The van der Waals surface area contributed by atoms with E-state index in [1.54, 1.807) is 0 Å². The molecule has 0 saturated carbocycles. The molecule has 2 aromatic carbocycles. The van der Waals surface area contributed by atoms with Crippen molar-refractivity contribution in [1.82, 2.24) is 0 Å². The smallest absolute Gasteiger partial charge is 0.0795 e. The number of halogens is 2. The van der Waals surface area contributed by atoms with Crippen molar-refractivity contribution in [3.63, 3.8) is 0 Å². The minimum Gasteiger partial charge on any atom is -0.0824 e. The molecule has 2 aromatic rings. The lowest BCUT2D eigenvalue weighted by atomic mass is 9.81. The number of rotatable bonds is 2. The van der Waals surface area contributed by atoms with E-state index in [1.807, 2.05) is 6.07 Å². The number of benzene rings is 2. The van der Waals surface area contributed by atoms with Gasteiger partial charge in [-0.2, -0.15) is 0 Å². The second-order valence-corrected chi connectivity index (χ2v) is 7.07. The van der Waals surface area contributed by atoms with Gasteiger partial charge in [0.05, 0.1) is 4.32 Å². The third-order valence-corrected chi connectivity index (χ3v) is 5.52. The topological polar surface area (TPSA) is 0 Å². The van der Waals surface area contributed by atoms with E-state index >= 15 is 0 Å². The highest BCUT2D eigenvalue weighted by molar-refractivity contribution is 9.10. The summed E-state index contributed by atoms with van der Waals surface area (Å²) in [5.74, 6) is 0. The van der Waals surface area contributed by atoms with Crippen LogP contribution in [0.15, 0.2) is 77.3 Å².